The third kappa shape index (κ3) is 3.30. The molecule has 0 aliphatic heterocycles. The summed E-state index contributed by atoms with van der Waals surface area (Å²) in [5.74, 6) is -0.636. The van der Waals surface area contributed by atoms with E-state index in [2.05, 4.69) is 0 Å². The molecule has 1 atom stereocenters. The van der Waals surface area contributed by atoms with E-state index in [0.29, 0.717) is 13.0 Å². The fourth-order valence-corrected chi connectivity index (χ4v) is 2.65. The summed E-state index contributed by atoms with van der Waals surface area (Å²) in [5, 5.41) is 1.09. The number of carbonyl (C=O) groups is 2. The van der Waals surface area contributed by atoms with Crippen LogP contribution in [0, 0.1) is 5.92 Å². The number of likely N-dealkylation sites (N-methyl/N-ethyl adjacent to an activating group) is 1. The van der Waals surface area contributed by atoms with E-state index >= 15 is 0 Å². The Morgan fingerprint density at radius 2 is 2.00 bits per heavy atom. The van der Waals surface area contributed by atoms with Gasteiger partial charge in [0, 0.05) is 37.7 Å². The van der Waals surface area contributed by atoms with Gasteiger partial charge in [0.05, 0.1) is 19.4 Å². The Hall–Kier alpha value is -2.30. The molecule has 2 aromatic rings. The van der Waals surface area contributed by atoms with Crippen molar-refractivity contribution in [1.82, 2.24) is 9.47 Å². The Bertz CT molecular complexity index is 690. The van der Waals surface area contributed by atoms with E-state index < -0.39 is 0 Å². The lowest BCUT2D eigenvalue weighted by atomic mass is 10.1. The molecule has 0 radical (unpaired) electrons. The number of ether oxygens (including phenoxy) is 1. The maximum absolute atomic E-state index is 12.4. The van der Waals surface area contributed by atoms with Crippen LogP contribution in [0.25, 0.3) is 10.9 Å². The Morgan fingerprint density at radius 1 is 1.32 bits per heavy atom. The predicted octanol–water partition coefficient (Wildman–Crippen LogP) is 1.99. The van der Waals surface area contributed by atoms with Crippen molar-refractivity contribution in [2.75, 3.05) is 20.7 Å². The molecule has 1 amide bonds. The number of aryl methyl sites for hydroxylation is 1. The molecular weight excluding hydrogens is 280 g/mol. The first kappa shape index (κ1) is 16.1. The van der Waals surface area contributed by atoms with Crippen LogP contribution in [0.3, 0.4) is 0 Å². The molecule has 5 heteroatoms. The number of rotatable bonds is 5. The van der Waals surface area contributed by atoms with Gasteiger partial charge in [-0.15, -0.1) is 0 Å². The van der Waals surface area contributed by atoms with Crippen LogP contribution in [0.1, 0.15) is 12.5 Å². The highest BCUT2D eigenvalue weighted by Gasteiger charge is 2.19. The summed E-state index contributed by atoms with van der Waals surface area (Å²) in [6, 6.07) is 8.01. The number of hydrogen-bond acceptors (Lipinski definition) is 3. The van der Waals surface area contributed by atoms with Gasteiger partial charge in [-0.1, -0.05) is 25.1 Å². The predicted molar refractivity (Wildman–Crippen MR) is 85.4 cm³/mol. The molecule has 0 bridgehead atoms. The van der Waals surface area contributed by atoms with E-state index in [9.17, 15) is 9.59 Å². The van der Waals surface area contributed by atoms with Gasteiger partial charge in [-0.2, -0.15) is 0 Å². The molecule has 0 fully saturated rings. The van der Waals surface area contributed by atoms with Crippen LogP contribution in [-0.2, 0) is 27.8 Å². The van der Waals surface area contributed by atoms with Crippen molar-refractivity contribution in [2.24, 2.45) is 13.0 Å². The molecule has 0 aliphatic rings. The van der Waals surface area contributed by atoms with Gasteiger partial charge in [0.1, 0.15) is 0 Å². The van der Waals surface area contributed by atoms with Crippen LogP contribution in [0.5, 0.6) is 0 Å². The molecule has 1 aromatic heterocycles. The van der Waals surface area contributed by atoms with Crippen molar-refractivity contribution < 1.29 is 14.3 Å². The molecule has 5 nitrogen and oxygen atoms in total. The molecule has 0 spiro atoms. The highest BCUT2D eigenvalue weighted by Crippen LogP contribution is 2.21. The van der Waals surface area contributed by atoms with Gasteiger partial charge in [0.2, 0.25) is 5.91 Å². The normalized spacial score (nSPS) is 12.2. The van der Waals surface area contributed by atoms with Crippen molar-refractivity contribution >= 4 is 22.8 Å². The van der Waals surface area contributed by atoms with E-state index in [0.717, 1.165) is 16.5 Å². The molecule has 2 rings (SSSR count). The summed E-state index contributed by atoms with van der Waals surface area (Å²) in [4.78, 5) is 25.4. The molecule has 0 aliphatic carbocycles. The fraction of sp³-hybridized carbons (Fsp3) is 0.412. The zero-order valence-electron chi connectivity index (χ0n) is 13.5. The maximum atomic E-state index is 12.4. The molecule has 1 aromatic carbocycles. The summed E-state index contributed by atoms with van der Waals surface area (Å²) in [7, 11) is 5.04. The van der Waals surface area contributed by atoms with Crippen molar-refractivity contribution in [3.8, 4) is 0 Å². The number of esters is 1. The van der Waals surface area contributed by atoms with Crippen molar-refractivity contribution in [1.29, 1.82) is 0 Å². The Labute approximate surface area is 130 Å². The van der Waals surface area contributed by atoms with Crippen LogP contribution in [0.2, 0.25) is 0 Å². The largest absolute Gasteiger partial charge is 0.469 e. The van der Waals surface area contributed by atoms with E-state index in [4.69, 9.17) is 4.74 Å². The first-order chi connectivity index (χ1) is 10.4. The topological polar surface area (TPSA) is 51.5 Å². The summed E-state index contributed by atoms with van der Waals surface area (Å²) in [6.45, 7) is 2.11. The van der Waals surface area contributed by atoms with Crippen LogP contribution < -0.4 is 0 Å². The molecule has 0 saturated heterocycles. The highest BCUT2D eigenvalue weighted by molar-refractivity contribution is 5.89. The molecule has 118 valence electrons. The molecule has 1 heterocycles. The number of amides is 1. The SMILES string of the molecule is COC(=O)C(C)CN(C)C(=O)Cc1cn(C)c2ccccc12. The second-order valence-corrected chi connectivity index (χ2v) is 5.66. The van der Waals surface area contributed by atoms with Gasteiger partial charge in [0.25, 0.3) is 0 Å². The Balaban J connectivity index is 2.09. The minimum atomic E-state index is -0.327. The first-order valence-corrected chi connectivity index (χ1v) is 7.28. The molecule has 0 saturated carbocycles. The number of nitrogens with zero attached hydrogens (tertiary/aromatic N) is 2. The zero-order valence-corrected chi connectivity index (χ0v) is 13.5. The summed E-state index contributed by atoms with van der Waals surface area (Å²) in [6.07, 6.45) is 2.31. The van der Waals surface area contributed by atoms with E-state index in [1.54, 1.807) is 18.9 Å². The third-order valence-electron chi connectivity index (χ3n) is 3.90. The summed E-state index contributed by atoms with van der Waals surface area (Å²) < 4.78 is 6.71. The average Bonchev–Trinajstić information content (AvgIpc) is 2.83. The van der Waals surface area contributed by atoms with Gasteiger partial charge < -0.3 is 14.2 Å². The van der Waals surface area contributed by atoms with Crippen LogP contribution in [-0.4, -0.2) is 42.0 Å². The van der Waals surface area contributed by atoms with Crippen LogP contribution >= 0.6 is 0 Å². The third-order valence-corrected chi connectivity index (χ3v) is 3.90. The lowest BCUT2D eigenvalue weighted by Crippen LogP contribution is -2.35. The Morgan fingerprint density at radius 3 is 2.68 bits per heavy atom. The van der Waals surface area contributed by atoms with Crippen molar-refractivity contribution in [2.45, 2.75) is 13.3 Å². The molecular formula is C17H22N2O3. The van der Waals surface area contributed by atoms with E-state index in [1.807, 2.05) is 42.1 Å². The zero-order chi connectivity index (χ0) is 16.3. The number of aromatic nitrogens is 1. The van der Waals surface area contributed by atoms with Gasteiger partial charge in [-0.3, -0.25) is 9.59 Å². The smallest absolute Gasteiger partial charge is 0.310 e. The van der Waals surface area contributed by atoms with Gasteiger partial charge in [-0.25, -0.2) is 0 Å². The minimum Gasteiger partial charge on any atom is -0.469 e. The highest BCUT2D eigenvalue weighted by atomic mass is 16.5. The fourth-order valence-electron chi connectivity index (χ4n) is 2.65. The molecule has 1 unspecified atom stereocenters. The lowest BCUT2D eigenvalue weighted by Gasteiger charge is -2.20. The van der Waals surface area contributed by atoms with Gasteiger partial charge in [-0.05, 0) is 11.6 Å². The maximum Gasteiger partial charge on any atom is 0.310 e. The van der Waals surface area contributed by atoms with Crippen LogP contribution in [0.15, 0.2) is 30.5 Å². The molecule has 22 heavy (non-hydrogen) atoms. The first-order valence-electron chi connectivity index (χ1n) is 7.28. The quantitative estimate of drug-likeness (QED) is 0.794. The number of carbonyl (C=O) groups excluding carboxylic acids is 2. The van der Waals surface area contributed by atoms with Gasteiger partial charge >= 0.3 is 5.97 Å². The van der Waals surface area contributed by atoms with Crippen molar-refractivity contribution in [3.63, 3.8) is 0 Å². The number of benzene rings is 1. The number of methoxy groups -OCH3 is 1. The van der Waals surface area contributed by atoms with E-state index in [-0.39, 0.29) is 17.8 Å². The second kappa shape index (κ2) is 6.64. The standard InChI is InChI=1S/C17H22N2O3/c1-12(17(21)22-4)10-19(3)16(20)9-13-11-18(2)15-8-6-5-7-14(13)15/h5-8,11-12H,9-10H2,1-4H3. The summed E-state index contributed by atoms with van der Waals surface area (Å²) in [5.41, 5.74) is 2.11. The number of fused-ring (bicyclic) bond motifs is 1. The van der Waals surface area contributed by atoms with Crippen LogP contribution in [0.4, 0.5) is 0 Å². The monoisotopic (exact) mass is 302 g/mol. The second-order valence-electron chi connectivity index (χ2n) is 5.66. The lowest BCUT2D eigenvalue weighted by molar-refractivity contribution is -0.146. The van der Waals surface area contributed by atoms with Gasteiger partial charge in [0.15, 0.2) is 0 Å². The summed E-state index contributed by atoms with van der Waals surface area (Å²) >= 11 is 0. The van der Waals surface area contributed by atoms with Crippen molar-refractivity contribution in [3.05, 3.63) is 36.0 Å². The minimum absolute atomic E-state index is 0.00731. The van der Waals surface area contributed by atoms with E-state index in [1.165, 1.54) is 7.11 Å². The number of hydrogen-bond donors (Lipinski definition) is 0. The number of para-hydroxylation sites is 1. The Kier molecular flexibility index (Phi) is 4.85. The average molecular weight is 302 g/mol. The molecule has 0 N–H and O–H groups in total.